The molecular formula is C76H80Si2. The first-order chi connectivity index (χ1) is 37.1. The predicted molar refractivity (Wildman–Crippen MR) is 347 cm³/mol. The second-order valence-electron chi connectivity index (χ2n) is 25.7. The van der Waals surface area contributed by atoms with Gasteiger partial charge in [-0.3, -0.25) is 0 Å². The first kappa shape index (κ1) is 53.3. The van der Waals surface area contributed by atoms with Crippen LogP contribution in [0.2, 0.25) is 33.2 Å². The Hall–Kier alpha value is -6.69. The van der Waals surface area contributed by atoms with Crippen molar-refractivity contribution in [3.8, 4) is 45.2 Å². The molecule has 0 amide bonds. The van der Waals surface area contributed by atoms with E-state index in [4.69, 9.17) is 0 Å². The minimum Gasteiger partial charge on any atom is -0.125 e. The van der Waals surface area contributed by atoms with E-state index in [0.717, 1.165) is 11.1 Å². The molecule has 0 aliphatic heterocycles. The molecule has 0 fully saturated rings. The lowest BCUT2D eigenvalue weighted by Crippen LogP contribution is -2.43. The zero-order chi connectivity index (χ0) is 55.6. The van der Waals surface area contributed by atoms with Crippen LogP contribution in [-0.4, -0.2) is 16.1 Å². The van der Waals surface area contributed by atoms with E-state index in [1.54, 1.807) is 0 Å². The van der Waals surface area contributed by atoms with Crippen molar-refractivity contribution in [3.05, 3.63) is 199 Å². The van der Waals surface area contributed by atoms with Crippen LogP contribution in [0.3, 0.4) is 0 Å². The van der Waals surface area contributed by atoms with Gasteiger partial charge in [0.1, 0.15) is 16.1 Å². The summed E-state index contributed by atoms with van der Waals surface area (Å²) in [5.41, 5.74) is 35.0. The van der Waals surface area contributed by atoms with E-state index in [0.29, 0.717) is 33.2 Å². The Morgan fingerprint density at radius 3 is 0.859 bits per heavy atom. The average Bonchev–Trinajstić information content (AvgIpc) is 4.03. The number of fused-ring (bicyclic) bond motifs is 10. The van der Waals surface area contributed by atoms with Crippen LogP contribution >= 0.6 is 0 Å². The summed E-state index contributed by atoms with van der Waals surface area (Å²) in [5, 5.41) is 12.4. The van der Waals surface area contributed by atoms with Crippen LogP contribution in [0.1, 0.15) is 150 Å². The quantitative estimate of drug-likeness (QED) is 0.0808. The van der Waals surface area contributed by atoms with Gasteiger partial charge in [0.2, 0.25) is 0 Å². The average molecular weight is 1050 g/mol. The van der Waals surface area contributed by atoms with E-state index in [1.165, 1.54) is 143 Å². The van der Waals surface area contributed by atoms with Crippen LogP contribution in [0.25, 0.3) is 76.5 Å². The fourth-order valence-corrected chi connectivity index (χ4v) is 26.4. The summed E-state index contributed by atoms with van der Waals surface area (Å²) in [6, 6.07) is 47.7. The van der Waals surface area contributed by atoms with Crippen molar-refractivity contribution in [2.45, 2.75) is 158 Å². The lowest BCUT2D eigenvalue weighted by molar-refractivity contribution is 0.838. The number of rotatable bonds is 8. The maximum Gasteiger partial charge on any atom is 0.146 e. The van der Waals surface area contributed by atoms with E-state index in [2.05, 4.69) is 269 Å². The van der Waals surface area contributed by atoms with Crippen molar-refractivity contribution < 1.29 is 0 Å². The fourth-order valence-electron chi connectivity index (χ4n) is 16.0. The summed E-state index contributed by atoms with van der Waals surface area (Å²) in [6.45, 7) is 42.9. The van der Waals surface area contributed by atoms with E-state index in [-0.39, 0.29) is 0 Å². The second-order valence-corrected chi connectivity index (χ2v) is 36.9. The topological polar surface area (TPSA) is 0 Å². The van der Waals surface area contributed by atoms with Crippen molar-refractivity contribution in [3.63, 3.8) is 0 Å². The number of hydrogen-bond acceptors (Lipinski definition) is 0. The number of benzene rings is 9. The summed E-state index contributed by atoms with van der Waals surface area (Å²) >= 11 is 0. The van der Waals surface area contributed by atoms with Crippen molar-refractivity contribution in [1.29, 1.82) is 0 Å². The maximum absolute atomic E-state index is 4.29. The molecule has 9 aromatic carbocycles. The highest BCUT2D eigenvalue weighted by molar-refractivity contribution is 6.91. The number of aryl methyl sites for hydroxylation is 6. The summed E-state index contributed by atoms with van der Waals surface area (Å²) in [7, 11) is -4.38. The maximum atomic E-state index is 4.29. The molecule has 0 atom stereocenters. The SMILES string of the molecule is Cc1cc(C)c(C2=c3cc4cc5c(C#C[Si](C(C)C)(C(C)C)C(C)C)c6cc7cc8c(cc7cc6c(C#C[Si](C(C)C)(C(C)C)C(C)C)c5cc4cc3-c3ccccc32)=C(c2c(C)cc(C)cc2C)c2ccccc2-8)c(C)c1. The van der Waals surface area contributed by atoms with Gasteiger partial charge in [-0.25, -0.2) is 0 Å². The van der Waals surface area contributed by atoms with Gasteiger partial charge in [-0.1, -0.05) is 179 Å². The highest BCUT2D eigenvalue weighted by Gasteiger charge is 2.43. The third-order valence-corrected chi connectivity index (χ3v) is 31.8. The zero-order valence-electron chi connectivity index (χ0n) is 50.0. The van der Waals surface area contributed by atoms with Crippen molar-refractivity contribution in [1.82, 2.24) is 0 Å². The van der Waals surface area contributed by atoms with Gasteiger partial charge in [-0.05, 0) is 255 Å². The van der Waals surface area contributed by atoms with Gasteiger partial charge in [0.25, 0.3) is 0 Å². The normalized spacial score (nSPS) is 13.2. The predicted octanol–water partition coefficient (Wildman–Crippen LogP) is 19.7. The molecule has 0 heterocycles. The molecule has 0 radical (unpaired) electrons. The summed E-state index contributed by atoms with van der Waals surface area (Å²) in [6.07, 6.45) is 0. The van der Waals surface area contributed by atoms with E-state index in [1.807, 2.05) is 0 Å². The van der Waals surface area contributed by atoms with Gasteiger partial charge in [0.05, 0.1) is 0 Å². The molecule has 392 valence electrons. The van der Waals surface area contributed by atoms with Gasteiger partial charge in [0.15, 0.2) is 0 Å². The highest BCUT2D eigenvalue weighted by Crippen LogP contribution is 2.47. The fraction of sp³-hybridized carbons (Fsp3) is 0.316. The van der Waals surface area contributed by atoms with Gasteiger partial charge < -0.3 is 0 Å². The first-order valence-corrected chi connectivity index (χ1v) is 33.7. The van der Waals surface area contributed by atoms with Crippen molar-refractivity contribution in [2.24, 2.45) is 0 Å². The van der Waals surface area contributed by atoms with Gasteiger partial charge in [0, 0.05) is 11.1 Å². The molecule has 0 nitrogen and oxygen atoms in total. The molecule has 78 heavy (non-hydrogen) atoms. The lowest BCUT2D eigenvalue weighted by atomic mass is 9.87. The summed E-state index contributed by atoms with van der Waals surface area (Å²) in [4.78, 5) is 0. The van der Waals surface area contributed by atoms with E-state index in [9.17, 15) is 0 Å². The van der Waals surface area contributed by atoms with Crippen LogP contribution in [0.15, 0.2) is 121 Å². The van der Waals surface area contributed by atoms with E-state index >= 15 is 0 Å². The van der Waals surface area contributed by atoms with Gasteiger partial charge >= 0.3 is 0 Å². The molecule has 0 N–H and O–H groups in total. The standard InChI is InChI=1S/C76H80Si2/c1-43(2)77(44(3)4,45(5)6)29-27-61-65-35-55-39-69-59-23-19-21-25-63(59)76(74-53(17)33-50(14)34-54(74)18)72(69)42-58(55)38-68(65)62(28-30-78(46(7)8,47(9)10)48(11)12)66-36-56-40-70-60-24-20-22-26-64(60)75(71(70)41-57(56)37-67(61)66)73-51(15)31-49(13)32-52(73)16/h19-26,31-48H,1-18H3. The Morgan fingerprint density at radius 2 is 0.577 bits per heavy atom. The molecule has 0 bridgehead atoms. The lowest BCUT2D eigenvalue weighted by Gasteiger charge is -2.38. The van der Waals surface area contributed by atoms with Crippen LogP contribution < -0.4 is 10.4 Å². The van der Waals surface area contributed by atoms with Crippen LogP contribution in [0.4, 0.5) is 0 Å². The molecule has 11 rings (SSSR count). The Morgan fingerprint density at radius 1 is 0.308 bits per heavy atom. The molecule has 2 aliphatic carbocycles. The molecule has 0 saturated carbocycles. The minimum absolute atomic E-state index is 0.497. The largest absolute Gasteiger partial charge is 0.146 e. The third kappa shape index (κ3) is 8.14. The molecule has 0 aromatic heterocycles. The third-order valence-electron chi connectivity index (χ3n) is 19.2. The smallest absolute Gasteiger partial charge is 0.125 e. The highest BCUT2D eigenvalue weighted by atomic mass is 28.3. The van der Waals surface area contributed by atoms with Crippen LogP contribution in [-0.2, 0) is 0 Å². The molecule has 0 unspecified atom stereocenters. The first-order valence-electron chi connectivity index (χ1n) is 29.2. The molecule has 2 aliphatic rings. The molecule has 9 aromatic rings. The Labute approximate surface area is 469 Å². The number of hydrogen-bond donors (Lipinski definition) is 0. The van der Waals surface area contributed by atoms with E-state index < -0.39 is 16.1 Å². The minimum atomic E-state index is -2.19. The Kier molecular flexibility index (Phi) is 13.4. The second kappa shape index (κ2) is 19.6. The van der Waals surface area contributed by atoms with Crippen LogP contribution in [0, 0.1) is 64.5 Å². The van der Waals surface area contributed by atoms with Gasteiger partial charge in [-0.15, -0.1) is 11.1 Å². The molecule has 2 heteroatoms. The van der Waals surface area contributed by atoms with Crippen molar-refractivity contribution >= 4 is 70.4 Å². The molecular weight excluding hydrogens is 969 g/mol. The zero-order valence-corrected chi connectivity index (χ0v) is 52.0. The Bertz CT molecular complexity index is 3930. The molecule has 0 saturated heterocycles. The monoisotopic (exact) mass is 1050 g/mol. The Balaban J connectivity index is 1.34. The summed E-state index contributed by atoms with van der Waals surface area (Å²) < 4.78 is 0. The molecule has 0 spiro atoms. The summed E-state index contributed by atoms with van der Waals surface area (Å²) in [5.74, 6) is 8.39. The van der Waals surface area contributed by atoms with Gasteiger partial charge in [-0.2, -0.15) is 0 Å². The van der Waals surface area contributed by atoms with Crippen molar-refractivity contribution in [2.75, 3.05) is 0 Å². The van der Waals surface area contributed by atoms with Crippen LogP contribution in [0.5, 0.6) is 0 Å².